The van der Waals surface area contributed by atoms with Crippen molar-refractivity contribution in [2.24, 2.45) is 10.6 Å². The number of oxime groups is 1. The lowest BCUT2D eigenvalue weighted by atomic mass is 9.86. The summed E-state index contributed by atoms with van der Waals surface area (Å²) < 4.78 is 0. The van der Waals surface area contributed by atoms with Crippen LogP contribution in [-0.2, 0) is 21.0 Å². The van der Waals surface area contributed by atoms with Crippen LogP contribution in [0.2, 0.25) is 0 Å². The van der Waals surface area contributed by atoms with Crippen molar-refractivity contribution in [1.82, 2.24) is 14.8 Å². The highest BCUT2D eigenvalue weighted by molar-refractivity contribution is 6.39. The third-order valence-corrected chi connectivity index (χ3v) is 5.13. The van der Waals surface area contributed by atoms with Crippen molar-refractivity contribution < 1.29 is 14.4 Å². The van der Waals surface area contributed by atoms with Gasteiger partial charge in [0.1, 0.15) is 5.71 Å². The van der Waals surface area contributed by atoms with Gasteiger partial charge in [-0.2, -0.15) is 0 Å². The minimum Gasteiger partial charge on any atom is -0.386 e. The van der Waals surface area contributed by atoms with E-state index in [2.05, 4.69) is 30.9 Å². The summed E-state index contributed by atoms with van der Waals surface area (Å²) >= 11 is 0. The molecule has 28 heavy (non-hydrogen) atoms. The monoisotopic (exact) mass is 386 g/mol. The topological polar surface area (TPSA) is 75.1 Å². The van der Waals surface area contributed by atoms with Crippen LogP contribution in [-0.4, -0.2) is 58.0 Å². The van der Waals surface area contributed by atoms with E-state index in [0.29, 0.717) is 31.6 Å². The van der Waals surface area contributed by atoms with Crippen molar-refractivity contribution in [3.63, 3.8) is 0 Å². The third kappa shape index (κ3) is 4.88. The van der Waals surface area contributed by atoms with E-state index < -0.39 is 5.60 Å². The average Bonchev–Trinajstić information content (AvgIpc) is 3.03. The molecule has 152 valence electrons. The standard InChI is InChI=1S/C21H30N4O3/c1-20(2,3)13-18(26)25-11-7-9-21(15-25)12-17(23-28-21)19(27)24(4)14-16-8-5-6-10-22-16/h5-6,8,10H,7,9,11-15H2,1-4H3. The van der Waals surface area contributed by atoms with Gasteiger partial charge in [0.15, 0.2) is 5.60 Å². The molecule has 0 N–H and O–H groups in total. The Bertz CT molecular complexity index is 757. The second-order valence-electron chi connectivity index (χ2n) is 9.13. The molecule has 1 atom stereocenters. The van der Waals surface area contributed by atoms with Gasteiger partial charge in [-0.1, -0.05) is 32.0 Å². The molecular formula is C21H30N4O3. The van der Waals surface area contributed by atoms with Gasteiger partial charge >= 0.3 is 0 Å². The van der Waals surface area contributed by atoms with Crippen molar-refractivity contribution in [1.29, 1.82) is 0 Å². The smallest absolute Gasteiger partial charge is 0.271 e. The van der Waals surface area contributed by atoms with Gasteiger partial charge in [-0.05, 0) is 30.4 Å². The maximum atomic E-state index is 12.8. The van der Waals surface area contributed by atoms with E-state index in [-0.39, 0.29) is 17.2 Å². The summed E-state index contributed by atoms with van der Waals surface area (Å²) in [7, 11) is 1.74. The highest BCUT2D eigenvalue weighted by Gasteiger charge is 2.46. The predicted octanol–water partition coefficient (Wildman–Crippen LogP) is 2.61. The average molecular weight is 386 g/mol. The third-order valence-electron chi connectivity index (χ3n) is 5.13. The van der Waals surface area contributed by atoms with Gasteiger partial charge in [0, 0.05) is 32.6 Å². The van der Waals surface area contributed by atoms with Crippen LogP contribution in [0.4, 0.5) is 0 Å². The SMILES string of the molecule is CN(Cc1ccccn1)C(=O)C1=NOC2(CCCN(C(=O)CC(C)(C)C)C2)C1. The van der Waals surface area contributed by atoms with Gasteiger partial charge in [0.2, 0.25) is 5.91 Å². The Kier molecular flexibility index (Phi) is 5.72. The van der Waals surface area contributed by atoms with Gasteiger partial charge in [-0.15, -0.1) is 0 Å². The van der Waals surface area contributed by atoms with Crippen LogP contribution in [0.5, 0.6) is 0 Å². The maximum Gasteiger partial charge on any atom is 0.271 e. The minimum atomic E-state index is -0.567. The first kappa shape index (κ1) is 20.3. The molecule has 0 aliphatic carbocycles. The number of carbonyl (C=O) groups excluding carboxylic acids is 2. The molecule has 7 heteroatoms. The molecule has 1 spiro atoms. The van der Waals surface area contributed by atoms with Gasteiger partial charge in [-0.25, -0.2) is 0 Å². The van der Waals surface area contributed by atoms with Crippen LogP contribution < -0.4 is 0 Å². The summed E-state index contributed by atoms with van der Waals surface area (Å²) in [6.07, 6.45) is 4.32. The van der Waals surface area contributed by atoms with Crippen molar-refractivity contribution in [2.45, 2.75) is 58.6 Å². The fourth-order valence-electron chi connectivity index (χ4n) is 3.76. The Morgan fingerprint density at radius 1 is 1.32 bits per heavy atom. The minimum absolute atomic E-state index is 0.0515. The lowest BCUT2D eigenvalue weighted by Crippen LogP contribution is -2.51. The Morgan fingerprint density at radius 3 is 2.79 bits per heavy atom. The number of hydrogen-bond donors (Lipinski definition) is 0. The van der Waals surface area contributed by atoms with Gasteiger partial charge in [0.05, 0.1) is 18.8 Å². The van der Waals surface area contributed by atoms with E-state index in [1.54, 1.807) is 18.1 Å². The van der Waals surface area contributed by atoms with Crippen molar-refractivity contribution >= 4 is 17.5 Å². The Hall–Kier alpha value is -2.44. The van der Waals surface area contributed by atoms with E-state index in [1.165, 1.54) is 0 Å². The van der Waals surface area contributed by atoms with E-state index in [9.17, 15) is 9.59 Å². The summed E-state index contributed by atoms with van der Waals surface area (Å²) in [5, 5.41) is 4.11. The zero-order valence-electron chi connectivity index (χ0n) is 17.3. The number of rotatable bonds is 4. The van der Waals surface area contributed by atoms with E-state index >= 15 is 0 Å². The first-order chi connectivity index (χ1) is 13.2. The maximum absolute atomic E-state index is 12.8. The molecule has 2 amide bonds. The second-order valence-corrected chi connectivity index (χ2v) is 9.13. The number of amides is 2. The van der Waals surface area contributed by atoms with Crippen LogP contribution in [0.25, 0.3) is 0 Å². The number of aromatic nitrogens is 1. The van der Waals surface area contributed by atoms with Crippen LogP contribution >= 0.6 is 0 Å². The first-order valence-electron chi connectivity index (χ1n) is 9.86. The fraction of sp³-hybridized carbons (Fsp3) is 0.619. The molecule has 2 aliphatic heterocycles. The molecule has 0 bridgehead atoms. The number of hydrogen-bond acceptors (Lipinski definition) is 5. The lowest BCUT2D eigenvalue weighted by Gasteiger charge is -2.39. The second kappa shape index (κ2) is 7.89. The zero-order valence-corrected chi connectivity index (χ0v) is 17.3. The molecular weight excluding hydrogens is 356 g/mol. The van der Waals surface area contributed by atoms with Gasteiger partial charge in [0.25, 0.3) is 5.91 Å². The number of nitrogens with zero attached hydrogens (tertiary/aromatic N) is 4. The first-order valence-corrected chi connectivity index (χ1v) is 9.86. The van der Waals surface area contributed by atoms with E-state index in [0.717, 1.165) is 25.1 Å². The van der Waals surface area contributed by atoms with Crippen LogP contribution in [0.15, 0.2) is 29.6 Å². The molecule has 1 unspecified atom stereocenters. The fourth-order valence-corrected chi connectivity index (χ4v) is 3.76. The zero-order chi connectivity index (χ0) is 20.4. The number of pyridine rings is 1. The summed E-state index contributed by atoms with van der Waals surface area (Å²) in [6, 6.07) is 5.63. The molecule has 1 fully saturated rings. The molecule has 0 saturated carbocycles. The Balaban J connectivity index is 1.59. The molecule has 0 radical (unpaired) electrons. The molecule has 7 nitrogen and oxygen atoms in total. The van der Waals surface area contributed by atoms with Crippen molar-refractivity contribution in [2.75, 3.05) is 20.1 Å². The van der Waals surface area contributed by atoms with Crippen LogP contribution in [0.1, 0.15) is 52.1 Å². The quantitative estimate of drug-likeness (QED) is 0.797. The van der Waals surface area contributed by atoms with Gasteiger partial charge in [-0.3, -0.25) is 14.6 Å². The molecule has 1 aromatic heterocycles. The normalized spacial score (nSPS) is 22.0. The molecule has 3 rings (SSSR count). The molecule has 2 aliphatic rings. The Labute approximate surface area is 166 Å². The predicted molar refractivity (Wildman–Crippen MR) is 106 cm³/mol. The molecule has 1 saturated heterocycles. The highest BCUT2D eigenvalue weighted by Crippen LogP contribution is 2.34. The number of likely N-dealkylation sites (tertiary alicyclic amines) is 1. The van der Waals surface area contributed by atoms with E-state index in [4.69, 9.17) is 4.84 Å². The van der Waals surface area contributed by atoms with Gasteiger partial charge < -0.3 is 14.6 Å². The number of carbonyl (C=O) groups is 2. The largest absolute Gasteiger partial charge is 0.386 e. The molecule has 3 heterocycles. The highest BCUT2D eigenvalue weighted by atomic mass is 16.7. The van der Waals surface area contributed by atoms with Crippen LogP contribution in [0, 0.1) is 5.41 Å². The summed E-state index contributed by atoms with van der Waals surface area (Å²) in [6.45, 7) is 7.84. The van der Waals surface area contributed by atoms with Crippen LogP contribution in [0.3, 0.4) is 0 Å². The summed E-state index contributed by atoms with van der Waals surface area (Å²) in [4.78, 5) is 38.9. The van der Waals surface area contributed by atoms with Crippen molar-refractivity contribution in [3.8, 4) is 0 Å². The van der Waals surface area contributed by atoms with E-state index in [1.807, 2.05) is 23.1 Å². The summed E-state index contributed by atoms with van der Waals surface area (Å²) in [5.41, 5.74) is 0.625. The molecule has 0 aromatic carbocycles. The van der Waals surface area contributed by atoms with Crippen molar-refractivity contribution in [3.05, 3.63) is 30.1 Å². The lowest BCUT2D eigenvalue weighted by molar-refractivity contribution is -0.142. The Morgan fingerprint density at radius 2 is 2.11 bits per heavy atom. The molecule has 1 aromatic rings. The summed E-state index contributed by atoms with van der Waals surface area (Å²) in [5.74, 6) is -0.0112. The number of piperidine rings is 1.